The van der Waals surface area contributed by atoms with E-state index in [0.717, 1.165) is 23.6 Å². The summed E-state index contributed by atoms with van der Waals surface area (Å²) in [6.45, 7) is 10.0. The van der Waals surface area contributed by atoms with Crippen LogP contribution in [0.5, 0.6) is 5.75 Å². The highest BCUT2D eigenvalue weighted by Crippen LogP contribution is 2.34. The highest BCUT2D eigenvalue weighted by molar-refractivity contribution is 5.38. The third-order valence-corrected chi connectivity index (χ3v) is 4.56. The van der Waals surface area contributed by atoms with Gasteiger partial charge < -0.3 is 5.11 Å². The molecule has 0 radical (unpaired) electrons. The Kier molecular flexibility index (Phi) is 3.96. The Morgan fingerprint density at radius 1 is 1.33 bits per heavy atom. The van der Waals surface area contributed by atoms with Crippen LogP contribution in [-0.4, -0.2) is 22.6 Å². The van der Waals surface area contributed by atoms with E-state index in [-0.39, 0.29) is 0 Å². The first-order valence-electron chi connectivity index (χ1n) is 7.06. The van der Waals surface area contributed by atoms with Crippen molar-refractivity contribution in [1.82, 2.24) is 4.90 Å². The molecule has 1 aliphatic rings. The zero-order chi connectivity index (χ0) is 13.3. The lowest BCUT2D eigenvalue weighted by Gasteiger charge is -2.42. The average molecular weight is 247 g/mol. The number of piperidine rings is 1. The zero-order valence-electron chi connectivity index (χ0n) is 12.0. The molecule has 3 atom stereocenters. The average Bonchev–Trinajstić information content (AvgIpc) is 2.32. The third-order valence-electron chi connectivity index (χ3n) is 4.56. The summed E-state index contributed by atoms with van der Waals surface area (Å²) in [6.07, 6.45) is 2.59. The molecule has 2 heteroatoms. The minimum Gasteiger partial charge on any atom is -0.508 e. The first-order valence-corrected chi connectivity index (χ1v) is 7.06. The Labute approximate surface area is 111 Å². The third kappa shape index (κ3) is 2.54. The molecule has 3 unspecified atom stereocenters. The van der Waals surface area contributed by atoms with E-state index in [1.165, 1.54) is 12.8 Å². The molecule has 2 rings (SSSR count). The van der Waals surface area contributed by atoms with Crippen molar-refractivity contribution in [2.24, 2.45) is 5.92 Å². The normalized spacial score (nSPS) is 27.1. The molecule has 0 bridgehead atoms. The van der Waals surface area contributed by atoms with Gasteiger partial charge in [-0.15, -0.1) is 0 Å². The number of hydrogen-bond acceptors (Lipinski definition) is 2. The number of likely N-dealkylation sites (tertiary alicyclic amines) is 1. The molecule has 0 saturated carbocycles. The van der Waals surface area contributed by atoms with Crippen LogP contribution < -0.4 is 0 Å². The van der Waals surface area contributed by atoms with Crippen LogP contribution in [0, 0.1) is 12.8 Å². The maximum absolute atomic E-state index is 10.1. The molecule has 0 aliphatic carbocycles. The molecule has 1 aliphatic heterocycles. The fraction of sp³-hybridized carbons (Fsp3) is 0.625. The van der Waals surface area contributed by atoms with E-state index < -0.39 is 0 Å². The Balaban J connectivity index is 2.22. The topological polar surface area (TPSA) is 23.5 Å². The molecule has 100 valence electrons. The molecule has 1 fully saturated rings. The van der Waals surface area contributed by atoms with E-state index in [4.69, 9.17) is 0 Å². The summed E-state index contributed by atoms with van der Waals surface area (Å²) in [5.41, 5.74) is 2.17. The standard InChI is InChI=1S/C16H25NO/c1-11-7-8-15(16(18)10-11)14(4)17-9-5-6-12(2)13(17)3/h7-8,10,12-14,18H,5-6,9H2,1-4H3. The second-order valence-corrected chi connectivity index (χ2v) is 5.84. The van der Waals surface area contributed by atoms with Crippen LogP contribution in [0.1, 0.15) is 50.8 Å². The van der Waals surface area contributed by atoms with Crippen LogP contribution in [0.2, 0.25) is 0 Å². The van der Waals surface area contributed by atoms with Crippen molar-refractivity contribution < 1.29 is 5.11 Å². The van der Waals surface area contributed by atoms with Gasteiger partial charge in [-0.2, -0.15) is 0 Å². The summed E-state index contributed by atoms with van der Waals surface area (Å²) in [4.78, 5) is 2.53. The van der Waals surface area contributed by atoms with Gasteiger partial charge in [-0.05, 0) is 57.7 Å². The Morgan fingerprint density at radius 2 is 2.06 bits per heavy atom. The maximum Gasteiger partial charge on any atom is 0.120 e. The molecule has 1 saturated heterocycles. The summed E-state index contributed by atoms with van der Waals surface area (Å²) in [6, 6.07) is 6.91. The lowest BCUT2D eigenvalue weighted by molar-refractivity contribution is 0.0743. The fourth-order valence-electron chi connectivity index (χ4n) is 3.10. The summed E-state index contributed by atoms with van der Waals surface area (Å²) >= 11 is 0. The number of nitrogens with zero attached hydrogens (tertiary/aromatic N) is 1. The molecule has 1 heterocycles. The van der Waals surface area contributed by atoms with Crippen molar-refractivity contribution in [3.63, 3.8) is 0 Å². The van der Waals surface area contributed by atoms with Crippen molar-refractivity contribution >= 4 is 0 Å². The molecule has 2 nitrogen and oxygen atoms in total. The van der Waals surface area contributed by atoms with Gasteiger partial charge in [-0.3, -0.25) is 4.90 Å². The van der Waals surface area contributed by atoms with Crippen LogP contribution in [0.25, 0.3) is 0 Å². The molecule has 1 aromatic carbocycles. The van der Waals surface area contributed by atoms with Crippen molar-refractivity contribution in [3.05, 3.63) is 29.3 Å². The van der Waals surface area contributed by atoms with Gasteiger partial charge in [0.25, 0.3) is 0 Å². The Bertz CT molecular complexity index is 416. The molecule has 1 aromatic rings. The predicted molar refractivity (Wildman–Crippen MR) is 75.8 cm³/mol. The van der Waals surface area contributed by atoms with E-state index in [1.807, 2.05) is 13.0 Å². The van der Waals surface area contributed by atoms with Gasteiger partial charge in [0.1, 0.15) is 5.75 Å². The molecule has 0 spiro atoms. The van der Waals surface area contributed by atoms with E-state index in [1.54, 1.807) is 0 Å². The highest BCUT2D eigenvalue weighted by atomic mass is 16.3. The van der Waals surface area contributed by atoms with Crippen LogP contribution in [0.3, 0.4) is 0 Å². The molecule has 18 heavy (non-hydrogen) atoms. The number of hydrogen-bond donors (Lipinski definition) is 1. The quantitative estimate of drug-likeness (QED) is 0.857. The monoisotopic (exact) mass is 247 g/mol. The highest BCUT2D eigenvalue weighted by Gasteiger charge is 2.29. The summed E-state index contributed by atoms with van der Waals surface area (Å²) in [5, 5.41) is 10.1. The van der Waals surface area contributed by atoms with Gasteiger partial charge in [0.05, 0.1) is 0 Å². The Hall–Kier alpha value is -1.02. The van der Waals surface area contributed by atoms with Crippen LogP contribution >= 0.6 is 0 Å². The van der Waals surface area contributed by atoms with Crippen molar-refractivity contribution in [3.8, 4) is 5.75 Å². The lowest BCUT2D eigenvalue weighted by Crippen LogP contribution is -2.43. The zero-order valence-corrected chi connectivity index (χ0v) is 12.0. The second kappa shape index (κ2) is 5.31. The maximum atomic E-state index is 10.1. The van der Waals surface area contributed by atoms with Crippen molar-refractivity contribution in [2.75, 3.05) is 6.54 Å². The van der Waals surface area contributed by atoms with Gasteiger partial charge in [-0.1, -0.05) is 19.1 Å². The van der Waals surface area contributed by atoms with Crippen molar-refractivity contribution in [1.29, 1.82) is 0 Å². The van der Waals surface area contributed by atoms with Crippen LogP contribution in [0.4, 0.5) is 0 Å². The van der Waals surface area contributed by atoms with Crippen LogP contribution in [0.15, 0.2) is 18.2 Å². The molecule has 1 N–H and O–H groups in total. The first kappa shape index (κ1) is 13.4. The minimum atomic E-state index is 0.295. The number of benzene rings is 1. The molecule has 0 amide bonds. The number of aryl methyl sites for hydroxylation is 1. The van der Waals surface area contributed by atoms with Gasteiger partial charge in [-0.25, -0.2) is 0 Å². The first-order chi connectivity index (χ1) is 8.50. The van der Waals surface area contributed by atoms with Gasteiger partial charge in [0.2, 0.25) is 0 Å². The number of aromatic hydroxyl groups is 1. The molecular formula is C16H25NO. The predicted octanol–water partition coefficient (Wildman–Crippen LogP) is 3.88. The smallest absolute Gasteiger partial charge is 0.120 e. The summed E-state index contributed by atoms with van der Waals surface area (Å²) < 4.78 is 0. The van der Waals surface area contributed by atoms with Gasteiger partial charge >= 0.3 is 0 Å². The number of rotatable bonds is 2. The molecule has 0 aromatic heterocycles. The van der Waals surface area contributed by atoms with E-state index >= 15 is 0 Å². The minimum absolute atomic E-state index is 0.295. The summed E-state index contributed by atoms with van der Waals surface area (Å²) in [5.74, 6) is 1.18. The Morgan fingerprint density at radius 3 is 2.72 bits per heavy atom. The second-order valence-electron chi connectivity index (χ2n) is 5.84. The molecular weight excluding hydrogens is 222 g/mol. The number of phenolic OH excluding ortho intramolecular Hbond substituents is 1. The van der Waals surface area contributed by atoms with Gasteiger partial charge in [0, 0.05) is 17.6 Å². The van der Waals surface area contributed by atoms with E-state index in [2.05, 4.69) is 37.8 Å². The van der Waals surface area contributed by atoms with Gasteiger partial charge in [0.15, 0.2) is 0 Å². The number of phenols is 1. The lowest BCUT2D eigenvalue weighted by atomic mass is 9.89. The van der Waals surface area contributed by atoms with Crippen molar-refractivity contribution in [2.45, 2.75) is 52.6 Å². The fourth-order valence-corrected chi connectivity index (χ4v) is 3.10. The van der Waals surface area contributed by atoms with E-state index in [0.29, 0.717) is 17.8 Å². The SMILES string of the molecule is Cc1ccc(C(C)N2CCCC(C)C2C)c(O)c1. The van der Waals surface area contributed by atoms with Crippen LogP contribution in [-0.2, 0) is 0 Å². The summed E-state index contributed by atoms with van der Waals surface area (Å²) in [7, 11) is 0. The largest absolute Gasteiger partial charge is 0.508 e. The van der Waals surface area contributed by atoms with E-state index in [9.17, 15) is 5.11 Å².